The Morgan fingerprint density at radius 3 is 2.62 bits per heavy atom. The Morgan fingerprint density at radius 1 is 1.46 bits per heavy atom. The molecule has 0 aromatic heterocycles. The molecular formula is C8H7N3O2. The number of carbonyl (C=O) groups excluding carboxylic acids is 1. The predicted octanol–water partition coefficient (Wildman–Crippen LogP) is 2.80. The van der Waals surface area contributed by atoms with E-state index in [9.17, 15) is 4.79 Å². The zero-order valence-electron chi connectivity index (χ0n) is 6.97. The summed E-state index contributed by atoms with van der Waals surface area (Å²) in [7, 11) is 0. The van der Waals surface area contributed by atoms with E-state index in [2.05, 4.69) is 14.8 Å². The van der Waals surface area contributed by atoms with Crippen molar-refractivity contribution >= 4 is 6.09 Å². The van der Waals surface area contributed by atoms with Crippen molar-refractivity contribution < 1.29 is 9.53 Å². The summed E-state index contributed by atoms with van der Waals surface area (Å²) in [5.74, 6) is 0.364. The SMILES string of the molecule is Cc1ccc(OC(=O)N=[N+]=[N-])cc1. The Hall–Kier alpha value is -2.00. The molecule has 1 rings (SSSR count). The molecule has 0 aliphatic rings. The van der Waals surface area contributed by atoms with Crippen LogP contribution in [0.1, 0.15) is 5.56 Å². The van der Waals surface area contributed by atoms with Crippen LogP contribution in [-0.2, 0) is 0 Å². The summed E-state index contributed by atoms with van der Waals surface area (Å²) in [5.41, 5.74) is 8.98. The molecule has 66 valence electrons. The Labute approximate surface area is 74.6 Å². The van der Waals surface area contributed by atoms with E-state index < -0.39 is 6.09 Å². The largest absolute Gasteiger partial charge is 0.422 e. The van der Waals surface area contributed by atoms with Crippen LogP contribution in [0.3, 0.4) is 0 Å². The summed E-state index contributed by atoms with van der Waals surface area (Å²) in [5, 5.41) is 2.76. The molecule has 1 amide bonds. The van der Waals surface area contributed by atoms with Crippen LogP contribution in [0.4, 0.5) is 4.79 Å². The quantitative estimate of drug-likeness (QED) is 0.375. The minimum atomic E-state index is -0.952. The molecule has 0 saturated heterocycles. The van der Waals surface area contributed by atoms with Crippen LogP contribution in [0.25, 0.3) is 10.4 Å². The highest BCUT2D eigenvalue weighted by Gasteiger charge is 1.99. The van der Waals surface area contributed by atoms with Gasteiger partial charge < -0.3 is 4.74 Å². The fraction of sp³-hybridized carbons (Fsp3) is 0.125. The van der Waals surface area contributed by atoms with Crippen LogP contribution in [-0.4, -0.2) is 6.09 Å². The van der Waals surface area contributed by atoms with Crippen LogP contribution in [0.2, 0.25) is 0 Å². The van der Waals surface area contributed by atoms with Gasteiger partial charge in [0.25, 0.3) is 0 Å². The molecule has 0 saturated carbocycles. The smallest absolute Gasteiger partial charge is 0.402 e. The van der Waals surface area contributed by atoms with Crippen molar-refractivity contribution in [3.8, 4) is 5.75 Å². The van der Waals surface area contributed by atoms with Crippen molar-refractivity contribution in [3.63, 3.8) is 0 Å². The standard InChI is InChI=1S/C8H7N3O2/c1-6-2-4-7(5-3-6)13-8(12)10-11-9/h2-5H,1H3. The minimum absolute atomic E-state index is 0.364. The van der Waals surface area contributed by atoms with E-state index in [4.69, 9.17) is 5.53 Å². The molecule has 0 bridgehead atoms. The van der Waals surface area contributed by atoms with Gasteiger partial charge >= 0.3 is 6.09 Å². The number of azide groups is 1. The van der Waals surface area contributed by atoms with Crippen LogP contribution in [0.5, 0.6) is 5.75 Å². The van der Waals surface area contributed by atoms with Crippen molar-refractivity contribution in [1.29, 1.82) is 0 Å². The lowest BCUT2D eigenvalue weighted by atomic mass is 10.2. The Morgan fingerprint density at radius 2 is 2.08 bits per heavy atom. The summed E-state index contributed by atoms with van der Waals surface area (Å²) in [6.07, 6.45) is -0.952. The van der Waals surface area contributed by atoms with E-state index in [1.807, 2.05) is 6.92 Å². The van der Waals surface area contributed by atoms with Gasteiger partial charge in [-0.1, -0.05) is 17.7 Å². The number of benzene rings is 1. The number of hydrogen-bond acceptors (Lipinski definition) is 2. The zero-order valence-corrected chi connectivity index (χ0v) is 6.97. The number of ether oxygens (including phenoxy) is 1. The second-order valence-electron chi connectivity index (χ2n) is 2.37. The highest BCUT2D eigenvalue weighted by molar-refractivity contribution is 5.71. The zero-order chi connectivity index (χ0) is 9.68. The molecule has 1 aromatic rings. The molecule has 0 aliphatic heterocycles. The van der Waals surface area contributed by atoms with E-state index in [1.165, 1.54) is 0 Å². The molecule has 0 radical (unpaired) electrons. The molecule has 0 N–H and O–H groups in total. The fourth-order valence-electron chi connectivity index (χ4n) is 0.764. The summed E-state index contributed by atoms with van der Waals surface area (Å²) in [6.45, 7) is 1.92. The molecule has 0 heterocycles. The Kier molecular flexibility index (Phi) is 2.89. The first kappa shape index (κ1) is 9.09. The molecular weight excluding hydrogens is 170 g/mol. The van der Waals surface area contributed by atoms with Gasteiger partial charge in [-0.3, -0.25) is 0 Å². The monoisotopic (exact) mass is 177 g/mol. The molecule has 5 heteroatoms. The van der Waals surface area contributed by atoms with Crippen molar-refractivity contribution in [2.24, 2.45) is 5.11 Å². The maximum Gasteiger partial charge on any atom is 0.402 e. The fourth-order valence-corrected chi connectivity index (χ4v) is 0.764. The highest BCUT2D eigenvalue weighted by Crippen LogP contribution is 2.11. The van der Waals surface area contributed by atoms with E-state index >= 15 is 0 Å². The van der Waals surface area contributed by atoms with Crippen LogP contribution in [0.15, 0.2) is 29.4 Å². The summed E-state index contributed by atoms with van der Waals surface area (Å²) in [4.78, 5) is 13.0. The molecule has 1 aromatic carbocycles. The molecule has 0 atom stereocenters. The van der Waals surface area contributed by atoms with Gasteiger partial charge in [0.2, 0.25) is 0 Å². The van der Waals surface area contributed by atoms with Gasteiger partial charge in [-0.25, -0.2) is 4.79 Å². The number of carbonyl (C=O) groups is 1. The van der Waals surface area contributed by atoms with Gasteiger partial charge in [0, 0.05) is 10.0 Å². The third-order valence-corrected chi connectivity index (χ3v) is 1.35. The molecule has 0 unspecified atom stereocenters. The Bertz CT molecular complexity index is 352. The molecule has 0 aliphatic carbocycles. The Balaban J connectivity index is 2.69. The summed E-state index contributed by atoms with van der Waals surface area (Å²) >= 11 is 0. The first-order chi connectivity index (χ1) is 6.22. The van der Waals surface area contributed by atoms with Crippen molar-refractivity contribution in [2.75, 3.05) is 0 Å². The van der Waals surface area contributed by atoms with Crippen molar-refractivity contribution in [2.45, 2.75) is 6.92 Å². The topological polar surface area (TPSA) is 75.1 Å². The third kappa shape index (κ3) is 2.84. The first-order valence-corrected chi connectivity index (χ1v) is 3.56. The summed E-state index contributed by atoms with van der Waals surface area (Å²) in [6, 6.07) is 6.83. The lowest BCUT2D eigenvalue weighted by Gasteiger charge is -1.99. The van der Waals surface area contributed by atoms with Crippen molar-refractivity contribution in [1.82, 2.24) is 0 Å². The lowest BCUT2D eigenvalue weighted by molar-refractivity contribution is 0.211. The maximum atomic E-state index is 10.7. The molecule has 13 heavy (non-hydrogen) atoms. The predicted molar refractivity (Wildman–Crippen MR) is 46.3 cm³/mol. The van der Waals surface area contributed by atoms with Gasteiger partial charge in [0.1, 0.15) is 5.75 Å². The van der Waals surface area contributed by atoms with Gasteiger partial charge in [0.05, 0.1) is 0 Å². The van der Waals surface area contributed by atoms with Crippen molar-refractivity contribution in [3.05, 3.63) is 40.3 Å². The normalized spacial score (nSPS) is 8.69. The summed E-state index contributed by atoms with van der Waals surface area (Å²) < 4.78 is 4.65. The number of aryl methyl sites for hydroxylation is 1. The van der Waals surface area contributed by atoms with E-state index in [0.29, 0.717) is 5.75 Å². The minimum Gasteiger partial charge on any atom is -0.422 e. The molecule has 0 spiro atoms. The number of rotatable bonds is 1. The van der Waals surface area contributed by atoms with Gasteiger partial charge in [0.15, 0.2) is 0 Å². The first-order valence-electron chi connectivity index (χ1n) is 3.56. The van der Waals surface area contributed by atoms with Gasteiger partial charge in [-0.2, -0.15) is 0 Å². The highest BCUT2D eigenvalue weighted by atomic mass is 16.5. The average Bonchev–Trinajstić information content (AvgIpc) is 2.09. The average molecular weight is 177 g/mol. The van der Waals surface area contributed by atoms with Crippen LogP contribution >= 0.6 is 0 Å². The number of amides is 1. The lowest BCUT2D eigenvalue weighted by Crippen LogP contribution is -1.99. The van der Waals surface area contributed by atoms with Crippen LogP contribution < -0.4 is 4.74 Å². The number of nitrogens with zero attached hydrogens (tertiary/aromatic N) is 3. The van der Waals surface area contributed by atoms with E-state index in [-0.39, 0.29) is 0 Å². The number of hydrogen-bond donors (Lipinski definition) is 0. The second-order valence-corrected chi connectivity index (χ2v) is 2.37. The molecule has 5 nitrogen and oxygen atoms in total. The third-order valence-electron chi connectivity index (χ3n) is 1.35. The van der Waals surface area contributed by atoms with E-state index in [1.54, 1.807) is 24.3 Å². The van der Waals surface area contributed by atoms with Gasteiger partial charge in [-0.05, 0) is 24.6 Å². The maximum absolute atomic E-state index is 10.7. The molecule has 0 fully saturated rings. The van der Waals surface area contributed by atoms with Gasteiger partial charge in [-0.15, -0.1) is 0 Å². The van der Waals surface area contributed by atoms with Crippen LogP contribution in [0, 0.1) is 6.92 Å². The second kappa shape index (κ2) is 4.13. The van der Waals surface area contributed by atoms with E-state index in [0.717, 1.165) is 5.56 Å².